The minimum atomic E-state index is 0. The van der Waals surface area contributed by atoms with E-state index in [0.29, 0.717) is 17.6 Å². The fourth-order valence-corrected chi connectivity index (χ4v) is 4.17. The van der Waals surface area contributed by atoms with Crippen LogP contribution in [0.25, 0.3) is 4.96 Å². The number of hydrogen-bond donors (Lipinski definition) is 2. The lowest BCUT2D eigenvalue weighted by Gasteiger charge is -2.20. The van der Waals surface area contributed by atoms with Gasteiger partial charge in [0.1, 0.15) is 5.82 Å². The van der Waals surface area contributed by atoms with Crippen LogP contribution >= 0.6 is 46.9 Å². The number of fused-ring (bicyclic) bond motifs is 1. The van der Waals surface area contributed by atoms with Crippen molar-refractivity contribution in [3.63, 3.8) is 0 Å². The molecule has 1 fully saturated rings. The highest BCUT2D eigenvalue weighted by Crippen LogP contribution is 2.25. The predicted molar refractivity (Wildman–Crippen MR) is 126 cm³/mol. The van der Waals surface area contributed by atoms with Gasteiger partial charge in [0.15, 0.2) is 10.9 Å². The van der Waals surface area contributed by atoms with E-state index in [1.54, 1.807) is 17.5 Å². The molecule has 1 saturated heterocycles. The molecule has 0 bridgehead atoms. The van der Waals surface area contributed by atoms with Crippen molar-refractivity contribution in [3.8, 4) is 0 Å². The number of nitrogens with one attached hydrogen (secondary N) is 2. The van der Waals surface area contributed by atoms with E-state index < -0.39 is 0 Å². The van der Waals surface area contributed by atoms with Crippen molar-refractivity contribution in [3.05, 3.63) is 46.8 Å². The maximum atomic E-state index is 6.28. The Morgan fingerprint density at radius 2 is 2.36 bits per heavy atom. The average molecular weight is 532 g/mol. The Balaban J connectivity index is 0.00000225. The second kappa shape index (κ2) is 9.75. The molecule has 3 aromatic heterocycles. The SMILES string of the molecule is CCNC(=NCc1cn2ccsc2n1)NC1CCN(c2ncccc2Cl)C1.I. The van der Waals surface area contributed by atoms with Crippen LogP contribution in [0.1, 0.15) is 19.0 Å². The molecular formula is C18H23ClIN7S. The lowest BCUT2D eigenvalue weighted by molar-refractivity contribution is 0.648. The van der Waals surface area contributed by atoms with Crippen molar-refractivity contribution in [2.75, 3.05) is 24.5 Å². The molecule has 28 heavy (non-hydrogen) atoms. The number of aromatic nitrogens is 3. The largest absolute Gasteiger partial charge is 0.357 e. The molecule has 0 spiro atoms. The number of halogens is 2. The van der Waals surface area contributed by atoms with Gasteiger partial charge in [0.05, 0.1) is 17.3 Å². The number of imidazole rings is 1. The second-order valence-corrected chi connectivity index (χ2v) is 7.69. The van der Waals surface area contributed by atoms with Gasteiger partial charge in [-0.25, -0.2) is 15.0 Å². The van der Waals surface area contributed by atoms with Gasteiger partial charge in [-0.15, -0.1) is 35.3 Å². The highest BCUT2D eigenvalue weighted by Gasteiger charge is 2.25. The summed E-state index contributed by atoms with van der Waals surface area (Å²) in [7, 11) is 0. The Bertz CT molecular complexity index is 912. The summed E-state index contributed by atoms with van der Waals surface area (Å²) in [5.41, 5.74) is 0.965. The molecule has 1 atom stereocenters. The second-order valence-electron chi connectivity index (χ2n) is 6.41. The number of anilines is 1. The summed E-state index contributed by atoms with van der Waals surface area (Å²) >= 11 is 7.91. The van der Waals surface area contributed by atoms with E-state index in [0.717, 1.165) is 48.5 Å². The molecule has 1 aliphatic heterocycles. The molecule has 1 unspecified atom stereocenters. The van der Waals surface area contributed by atoms with Crippen LogP contribution < -0.4 is 15.5 Å². The number of nitrogens with zero attached hydrogens (tertiary/aromatic N) is 5. The molecule has 1 aliphatic rings. The average Bonchev–Trinajstić information content (AvgIpc) is 3.36. The van der Waals surface area contributed by atoms with E-state index >= 15 is 0 Å². The molecule has 0 radical (unpaired) electrons. The lowest BCUT2D eigenvalue weighted by Crippen LogP contribution is -2.44. The first-order chi connectivity index (χ1) is 13.2. The topological polar surface area (TPSA) is 69.8 Å². The standard InChI is InChI=1S/C18H22ClN7S.HI/c1-2-20-17(22-10-14-12-26-8-9-27-18(26)24-14)23-13-5-7-25(11-13)16-15(19)4-3-6-21-16;/h3-4,6,8-9,12-13H,2,5,7,10-11H2,1H3,(H2,20,22,23);1H. The van der Waals surface area contributed by atoms with Crippen molar-refractivity contribution >= 4 is 63.7 Å². The van der Waals surface area contributed by atoms with Crippen molar-refractivity contribution in [1.29, 1.82) is 0 Å². The minimum Gasteiger partial charge on any atom is -0.357 e. The third-order valence-electron chi connectivity index (χ3n) is 4.45. The Morgan fingerprint density at radius 3 is 3.14 bits per heavy atom. The monoisotopic (exact) mass is 531 g/mol. The maximum absolute atomic E-state index is 6.28. The zero-order valence-corrected chi connectivity index (χ0v) is 19.4. The van der Waals surface area contributed by atoms with E-state index in [1.807, 2.05) is 34.3 Å². The Hall–Kier alpha value is -1.59. The quantitative estimate of drug-likeness (QED) is 0.300. The summed E-state index contributed by atoms with van der Waals surface area (Å²) in [6.45, 7) is 5.20. The first-order valence-electron chi connectivity index (χ1n) is 9.04. The number of pyridine rings is 1. The number of rotatable bonds is 5. The molecule has 2 N–H and O–H groups in total. The van der Waals surface area contributed by atoms with Crippen LogP contribution in [0.4, 0.5) is 5.82 Å². The van der Waals surface area contributed by atoms with Crippen LogP contribution in [-0.4, -0.2) is 46.0 Å². The van der Waals surface area contributed by atoms with Crippen molar-refractivity contribution in [1.82, 2.24) is 25.0 Å². The van der Waals surface area contributed by atoms with Gasteiger partial charge >= 0.3 is 0 Å². The number of aliphatic imine (C=N–C) groups is 1. The zero-order chi connectivity index (χ0) is 18.6. The highest BCUT2D eigenvalue weighted by molar-refractivity contribution is 14.0. The number of guanidine groups is 1. The molecule has 4 heterocycles. The van der Waals surface area contributed by atoms with Gasteiger partial charge < -0.3 is 15.5 Å². The summed E-state index contributed by atoms with van der Waals surface area (Å²) in [6.07, 6.45) is 6.83. The van der Waals surface area contributed by atoms with Gasteiger partial charge in [0, 0.05) is 49.6 Å². The van der Waals surface area contributed by atoms with Crippen LogP contribution in [0.2, 0.25) is 5.02 Å². The van der Waals surface area contributed by atoms with Gasteiger partial charge in [-0.05, 0) is 25.5 Å². The summed E-state index contributed by atoms with van der Waals surface area (Å²) in [5, 5.41) is 9.57. The van der Waals surface area contributed by atoms with Crippen LogP contribution in [-0.2, 0) is 6.54 Å². The Morgan fingerprint density at radius 1 is 1.46 bits per heavy atom. The van der Waals surface area contributed by atoms with Gasteiger partial charge in [0.25, 0.3) is 0 Å². The van der Waals surface area contributed by atoms with Gasteiger partial charge in [-0.1, -0.05) is 11.6 Å². The number of hydrogen-bond acceptors (Lipinski definition) is 5. The summed E-state index contributed by atoms with van der Waals surface area (Å²) in [6, 6.07) is 4.03. The van der Waals surface area contributed by atoms with Crippen molar-refractivity contribution in [2.45, 2.75) is 25.9 Å². The molecule has 10 heteroatoms. The molecule has 0 aliphatic carbocycles. The highest BCUT2D eigenvalue weighted by atomic mass is 127. The van der Waals surface area contributed by atoms with Gasteiger partial charge in [0.2, 0.25) is 0 Å². The normalized spacial score (nSPS) is 17.0. The van der Waals surface area contributed by atoms with Crippen molar-refractivity contribution in [2.24, 2.45) is 4.99 Å². The Labute approximate surface area is 190 Å². The van der Waals surface area contributed by atoms with Gasteiger partial charge in [-0.2, -0.15) is 0 Å². The molecular weight excluding hydrogens is 509 g/mol. The van der Waals surface area contributed by atoms with E-state index in [-0.39, 0.29) is 24.0 Å². The molecule has 3 aromatic rings. The molecule has 4 rings (SSSR count). The smallest absolute Gasteiger partial charge is 0.193 e. The number of thiazole rings is 1. The fraction of sp³-hybridized carbons (Fsp3) is 0.389. The predicted octanol–water partition coefficient (Wildman–Crippen LogP) is 3.40. The fourth-order valence-electron chi connectivity index (χ4n) is 3.21. The Kier molecular flexibility index (Phi) is 7.36. The molecule has 7 nitrogen and oxygen atoms in total. The third kappa shape index (κ3) is 4.87. The third-order valence-corrected chi connectivity index (χ3v) is 5.52. The molecule has 0 saturated carbocycles. The van der Waals surface area contributed by atoms with E-state index in [4.69, 9.17) is 16.6 Å². The van der Waals surface area contributed by atoms with Crippen molar-refractivity contribution < 1.29 is 0 Å². The zero-order valence-electron chi connectivity index (χ0n) is 15.5. The molecule has 0 aromatic carbocycles. The first kappa shape index (κ1) is 21.1. The lowest BCUT2D eigenvalue weighted by atomic mass is 10.3. The van der Waals surface area contributed by atoms with E-state index in [9.17, 15) is 0 Å². The van der Waals surface area contributed by atoms with E-state index in [2.05, 4.69) is 32.4 Å². The molecule has 150 valence electrons. The summed E-state index contributed by atoms with van der Waals surface area (Å²) in [4.78, 5) is 16.9. The van der Waals surface area contributed by atoms with Crippen LogP contribution in [0, 0.1) is 0 Å². The first-order valence-corrected chi connectivity index (χ1v) is 10.3. The summed E-state index contributed by atoms with van der Waals surface area (Å²) in [5.74, 6) is 1.66. The molecule has 0 amide bonds. The van der Waals surface area contributed by atoms with Crippen LogP contribution in [0.3, 0.4) is 0 Å². The van der Waals surface area contributed by atoms with Gasteiger partial charge in [-0.3, -0.25) is 4.40 Å². The minimum absolute atomic E-state index is 0. The van der Waals surface area contributed by atoms with Crippen LogP contribution in [0.5, 0.6) is 0 Å². The maximum Gasteiger partial charge on any atom is 0.193 e. The van der Waals surface area contributed by atoms with E-state index in [1.165, 1.54) is 0 Å². The van der Waals surface area contributed by atoms with Crippen LogP contribution in [0.15, 0.2) is 41.1 Å². The summed E-state index contributed by atoms with van der Waals surface area (Å²) < 4.78 is 2.03.